The number of rotatable bonds is 4. The molecule has 5 nitrogen and oxygen atoms in total. The fourth-order valence-corrected chi connectivity index (χ4v) is 5.36. The topological polar surface area (TPSA) is 55.8 Å². The first kappa shape index (κ1) is 16.9. The Kier molecular flexibility index (Phi) is 4.78. The smallest absolute Gasteiger partial charge is 0.243 e. The Hall–Kier alpha value is -0.950. The summed E-state index contributed by atoms with van der Waals surface area (Å²) in [6, 6.07) is 7.07. The average Bonchev–Trinajstić information content (AvgIpc) is 2.55. The predicted octanol–water partition coefficient (Wildman–Crippen LogP) is 2.20. The van der Waals surface area contributed by atoms with Crippen molar-refractivity contribution in [3.05, 3.63) is 29.8 Å². The number of fused-ring (bicyclic) bond motifs is 1. The Morgan fingerprint density at radius 2 is 2.09 bits per heavy atom. The van der Waals surface area contributed by atoms with Gasteiger partial charge in [-0.2, -0.15) is 4.31 Å². The van der Waals surface area contributed by atoms with Gasteiger partial charge in [-0.05, 0) is 38.3 Å². The first-order valence-electron chi connectivity index (χ1n) is 8.15. The number of aryl methyl sites for hydroxylation is 1. The van der Waals surface area contributed by atoms with E-state index in [1.54, 1.807) is 23.5 Å². The molecule has 0 amide bonds. The van der Waals surface area contributed by atoms with Gasteiger partial charge in [0.05, 0.1) is 17.6 Å². The standard InChI is InChI=1S/C17H25NO4S/c1-14-4-6-15(7-5-14)23(19,20)18-10-8-16-17(12-18,13-21-2)9-3-11-22-16/h4-7,16H,3,8-13H2,1-2H3/t16-,17-/m0/s1. The van der Waals surface area contributed by atoms with Crippen molar-refractivity contribution in [3.8, 4) is 0 Å². The van der Waals surface area contributed by atoms with Crippen molar-refractivity contribution in [2.24, 2.45) is 5.41 Å². The van der Waals surface area contributed by atoms with Crippen LogP contribution in [-0.4, -0.2) is 52.2 Å². The second-order valence-corrected chi connectivity index (χ2v) is 8.64. The van der Waals surface area contributed by atoms with Gasteiger partial charge in [-0.25, -0.2) is 8.42 Å². The van der Waals surface area contributed by atoms with Crippen LogP contribution in [0.1, 0.15) is 24.8 Å². The molecular weight excluding hydrogens is 314 g/mol. The van der Waals surface area contributed by atoms with Gasteiger partial charge < -0.3 is 9.47 Å². The number of ether oxygens (including phenoxy) is 2. The van der Waals surface area contributed by atoms with Crippen LogP contribution < -0.4 is 0 Å². The number of nitrogens with zero attached hydrogens (tertiary/aromatic N) is 1. The molecule has 0 aliphatic carbocycles. The third-order valence-electron chi connectivity index (χ3n) is 5.04. The molecule has 1 aromatic rings. The van der Waals surface area contributed by atoms with Crippen molar-refractivity contribution in [3.63, 3.8) is 0 Å². The zero-order valence-electron chi connectivity index (χ0n) is 13.8. The molecule has 0 saturated carbocycles. The summed E-state index contributed by atoms with van der Waals surface area (Å²) in [5.74, 6) is 0. The van der Waals surface area contributed by atoms with E-state index in [9.17, 15) is 8.42 Å². The van der Waals surface area contributed by atoms with E-state index < -0.39 is 10.0 Å². The van der Waals surface area contributed by atoms with Gasteiger partial charge in [-0.1, -0.05) is 17.7 Å². The van der Waals surface area contributed by atoms with Gasteiger partial charge in [0.25, 0.3) is 0 Å². The normalized spacial score (nSPS) is 29.2. The summed E-state index contributed by atoms with van der Waals surface area (Å²) >= 11 is 0. The lowest BCUT2D eigenvalue weighted by molar-refractivity contribution is -0.137. The Morgan fingerprint density at radius 1 is 1.35 bits per heavy atom. The molecule has 2 atom stereocenters. The van der Waals surface area contributed by atoms with Gasteiger partial charge in [0.2, 0.25) is 10.0 Å². The number of piperidine rings is 1. The molecule has 2 heterocycles. The summed E-state index contributed by atoms with van der Waals surface area (Å²) in [6.07, 6.45) is 2.73. The highest BCUT2D eigenvalue weighted by Crippen LogP contribution is 2.41. The van der Waals surface area contributed by atoms with Crippen LogP contribution in [-0.2, 0) is 19.5 Å². The molecule has 2 fully saturated rings. The SMILES string of the molecule is COC[C@@]12CCCO[C@H]1CCN(S(=O)(=O)c1ccc(C)cc1)C2. The van der Waals surface area contributed by atoms with Crippen LogP contribution in [0.4, 0.5) is 0 Å². The van der Waals surface area contributed by atoms with Crippen LogP contribution >= 0.6 is 0 Å². The third kappa shape index (κ3) is 3.18. The number of hydrogen-bond donors (Lipinski definition) is 0. The van der Waals surface area contributed by atoms with Crippen molar-refractivity contribution in [2.45, 2.75) is 37.2 Å². The van der Waals surface area contributed by atoms with Crippen molar-refractivity contribution in [1.29, 1.82) is 0 Å². The molecule has 0 N–H and O–H groups in total. The third-order valence-corrected chi connectivity index (χ3v) is 6.90. The van der Waals surface area contributed by atoms with Gasteiger partial charge >= 0.3 is 0 Å². The maximum atomic E-state index is 13.0. The number of hydrogen-bond acceptors (Lipinski definition) is 4. The molecular formula is C17H25NO4S. The van der Waals surface area contributed by atoms with Gasteiger partial charge in [0.15, 0.2) is 0 Å². The Bertz CT molecular complexity index is 639. The first-order chi connectivity index (χ1) is 11.0. The van der Waals surface area contributed by atoms with Crippen LogP contribution in [0.25, 0.3) is 0 Å². The molecule has 0 radical (unpaired) electrons. The minimum absolute atomic E-state index is 0.0978. The highest BCUT2D eigenvalue weighted by atomic mass is 32.2. The van der Waals surface area contributed by atoms with E-state index in [0.29, 0.717) is 24.6 Å². The second-order valence-electron chi connectivity index (χ2n) is 6.70. The van der Waals surface area contributed by atoms with Crippen molar-refractivity contribution >= 4 is 10.0 Å². The van der Waals surface area contributed by atoms with E-state index in [1.807, 2.05) is 19.1 Å². The van der Waals surface area contributed by atoms with E-state index >= 15 is 0 Å². The van der Waals surface area contributed by atoms with Crippen LogP contribution in [0.3, 0.4) is 0 Å². The quantitative estimate of drug-likeness (QED) is 0.844. The van der Waals surface area contributed by atoms with Gasteiger partial charge in [-0.15, -0.1) is 0 Å². The van der Waals surface area contributed by atoms with Gasteiger partial charge in [0.1, 0.15) is 0 Å². The van der Waals surface area contributed by atoms with Crippen LogP contribution in [0.2, 0.25) is 0 Å². The van der Waals surface area contributed by atoms with Gasteiger partial charge in [-0.3, -0.25) is 0 Å². The van der Waals surface area contributed by atoms with E-state index in [4.69, 9.17) is 9.47 Å². The zero-order chi connectivity index (χ0) is 16.5. The highest BCUT2D eigenvalue weighted by molar-refractivity contribution is 7.89. The molecule has 0 spiro atoms. The number of benzene rings is 1. The molecule has 23 heavy (non-hydrogen) atoms. The summed E-state index contributed by atoms with van der Waals surface area (Å²) in [4.78, 5) is 0.367. The molecule has 2 aliphatic rings. The fraction of sp³-hybridized carbons (Fsp3) is 0.647. The van der Waals surface area contributed by atoms with Crippen LogP contribution in [0.5, 0.6) is 0 Å². The first-order valence-corrected chi connectivity index (χ1v) is 9.59. The Morgan fingerprint density at radius 3 is 2.78 bits per heavy atom. The van der Waals surface area contributed by atoms with Crippen molar-refractivity contribution < 1.29 is 17.9 Å². The van der Waals surface area contributed by atoms with Crippen molar-refractivity contribution in [1.82, 2.24) is 4.31 Å². The lowest BCUT2D eigenvalue weighted by atomic mass is 9.73. The molecule has 6 heteroatoms. The predicted molar refractivity (Wildman–Crippen MR) is 87.8 cm³/mol. The molecule has 0 aromatic heterocycles. The molecule has 2 aliphatic heterocycles. The minimum atomic E-state index is -3.46. The molecule has 3 rings (SSSR count). The zero-order valence-corrected chi connectivity index (χ0v) is 14.6. The lowest BCUT2D eigenvalue weighted by Gasteiger charge is -2.49. The van der Waals surface area contributed by atoms with E-state index in [-0.39, 0.29) is 11.5 Å². The maximum absolute atomic E-state index is 13.0. The second kappa shape index (κ2) is 6.51. The van der Waals surface area contributed by atoms with E-state index in [0.717, 1.165) is 31.4 Å². The Labute approximate surface area is 138 Å². The lowest BCUT2D eigenvalue weighted by Crippen LogP contribution is -2.57. The highest BCUT2D eigenvalue weighted by Gasteiger charge is 2.48. The molecule has 128 valence electrons. The maximum Gasteiger partial charge on any atom is 0.243 e. The Balaban J connectivity index is 1.87. The molecule has 0 unspecified atom stereocenters. The summed E-state index contributed by atoms with van der Waals surface area (Å²) in [5, 5.41) is 0. The summed E-state index contributed by atoms with van der Waals surface area (Å²) in [5.41, 5.74) is 0.836. The van der Waals surface area contributed by atoms with Gasteiger partial charge in [0, 0.05) is 32.2 Å². The van der Waals surface area contributed by atoms with E-state index in [2.05, 4.69) is 0 Å². The average molecular weight is 339 g/mol. The molecule has 0 bridgehead atoms. The summed E-state index contributed by atoms with van der Waals surface area (Å²) in [7, 11) is -1.79. The monoisotopic (exact) mass is 339 g/mol. The van der Waals surface area contributed by atoms with Crippen LogP contribution in [0, 0.1) is 12.3 Å². The number of methoxy groups -OCH3 is 1. The summed E-state index contributed by atoms with van der Waals surface area (Å²) < 4.78 is 38.9. The largest absolute Gasteiger partial charge is 0.384 e. The van der Waals surface area contributed by atoms with E-state index in [1.165, 1.54) is 0 Å². The number of sulfonamides is 1. The molecule has 1 aromatic carbocycles. The summed E-state index contributed by atoms with van der Waals surface area (Å²) in [6.45, 7) is 4.24. The minimum Gasteiger partial charge on any atom is -0.384 e. The van der Waals surface area contributed by atoms with Crippen molar-refractivity contribution in [2.75, 3.05) is 33.4 Å². The van der Waals surface area contributed by atoms with Crippen LogP contribution in [0.15, 0.2) is 29.2 Å². The fourth-order valence-electron chi connectivity index (χ4n) is 3.81. The molecule has 2 saturated heterocycles.